The molecule has 1 aliphatic heterocycles. The van der Waals surface area contributed by atoms with Gasteiger partial charge >= 0.3 is 0 Å². The molecule has 2 fully saturated rings. The van der Waals surface area contributed by atoms with Crippen LogP contribution in [0, 0.1) is 0 Å². The SMILES string of the molecule is CCCCCOCC(=O)N1CCC(=O)CC12CCC2. The fourth-order valence-electron chi connectivity index (χ4n) is 3.14. The van der Waals surface area contributed by atoms with Crippen molar-refractivity contribution >= 4 is 11.7 Å². The molecule has 0 aromatic rings. The van der Waals surface area contributed by atoms with Crippen LogP contribution in [0.4, 0.5) is 0 Å². The molecule has 0 radical (unpaired) electrons. The highest BCUT2D eigenvalue weighted by molar-refractivity contribution is 5.86. The van der Waals surface area contributed by atoms with E-state index in [9.17, 15) is 9.59 Å². The van der Waals surface area contributed by atoms with E-state index < -0.39 is 0 Å². The summed E-state index contributed by atoms with van der Waals surface area (Å²) in [6, 6.07) is 0. The maximum absolute atomic E-state index is 12.2. The molecule has 1 saturated heterocycles. The van der Waals surface area contributed by atoms with Crippen LogP contribution in [0.15, 0.2) is 0 Å². The number of hydrogen-bond donors (Lipinski definition) is 0. The minimum atomic E-state index is -0.140. The molecular formula is C15H25NO3. The normalized spacial score (nSPS) is 21.5. The van der Waals surface area contributed by atoms with Gasteiger partial charge in [-0.3, -0.25) is 9.59 Å². The number of nitrogens with zero attached hydrogens (tertiary/aromatic N) is 1. The molecule has 1 saturated carbocycles. The Balaban J connectivity index is 1.79. The number of rotatable bonds is 6. The fraction of sp³-hybridized carbons (Fsp3) is 0.867. The standard InChI is InChI=1S/C15H25NO3/c1-2-3-4-10-19-12-14(18)16-9-6-13(17)11-15(16)7-5-8-15/h2-12H2,1H3. The first-order valence-electron chi connectivity index (χ1n) is 7.58. The molecule has 1 amide bonds. The first-order valence-corrected chi connectivity index (χ1v) is 7.58. The molecule has 1 heterocycles. The monoisotopic (exact) mass is 267 g/mol. The van der Waals surface area contributed by atoms with Crippen molar-refractivity contribution in [3.8, 4) is 0 Å². The molecule has 19 heavy (non-hydrogen) atoms. The maximum atomic E-state index is 12.2. The predicted molar refractivity (Wildman–Crippen MR) is 72.9 cm³/mol. The smallest absolute Gasteiger partial charge is 0.249 e. The Hall–Kier alpha value is -0.900. The third-order valence-electron chi connectivity index (χ3n) is 4.42. The molecule has 108 valence electrons. The number of carbonyl (C=O) groups is 2. The predicted octanol–water partition coefficient (Wildman–Crippen LogP) is 2.31. The van der Waals surface area contributed by atoms with Crippen molar-refractivity contribution in [1.29, 1.82) is 0 Å². The maximum Gasteiger partial charge on any atom is 0.249 e. The average molecular weight is 267 g/mol. The van der Waals surface area contributed by atoms with Gasteiger partial charge in [-0.15, -0.1) is 0 Å². The minimum Gasteiger partial charge on any atom is -0.372 e. The van der Waals surface area contributed by atoms with Crippen molar-refractivity contribution < 1.29 is 14.3 Å². The van der Waals surface area contributed by atoms with Gasteiger partial charge in [0.15, 0.2) is 0 Å². The Morgan fingerprint density at radius 2 is 2.16 bits per heavy atom. The molecule has 0 atom stereocenters. The van der Waals surface area contributed by atoms with Crippen LogP contribution in [-0.2, 0) is 14.3 Å². The lowest BCUT2D eigenvalue weighted by Crippen LogP contribution is -2.61. The number of ketones is 1. The average Bonchev–Trinajstić information content (AvgIpc) is 2.36. The molecule has 4 nitrogen and oxygen atoms in total. The van der Waals surface area contributed by atoms with Crippen LogP contribution in [0.3, 0.4) is 0 Å². The Morgan fingerprint density at radius 1 is 1.37 bits per heavy atom. The highest BCUT2D eigenvalue weighted by atomic mass is 16.5. The van der Waals surface area contributed by atoms with Crippen LogP contribution in [-0.4, -0.2) is 41.9 Å². The van der Waals surface area contributed by atoms with Crippen LogP contribution in [0.2, 0.25) is 0 Å². The number of amides is 1. The van der Waals surface area contributed by atoms with E-state index in [1.165, 1.54) is 0 Å². The summed E-state index contributed by atoms with van der Waals surface area (Å²) < 4.78 is 5.46. The Morgan fingerprint density at radius 3 is 2.79 bits per heavy atom. The van der Waals surface area contributed by atoms with E-state index in [1.54, 1.807) is 0 Å². The van der Waals surface area contributed by atoms with Gasteiger partial charge in [-0.25, -0.2) is 0 Å². The molecule has 0 bridgehead atoms. The number of unbranched alkanes of at least 4 members (excludes halogenated alkanes) is 2. The minimum absolute atomic E-state index is 0.0729. The van der Waals surface area contributed by atoms with Crippen LogP contribution >= 0.6 is 0 Å². The zero-order chi connectivity index (χ0) is 13.7. The summed E-state index contributed by atoms with van der Waals surface area (Å²) in [4.78, 5) is 25.8. The van der Waals surface area contributed by atoms with Gasteiger partial charge in [-0.1, -0.05) is 19.8 Å². The third-order valence-corrected chi connectivity index (χ3v) is 4.42. The molecule has 1 spiro atoms. The molecule has 2 aliphatic rings. The number of ether oxygens (including phenoxy) is 1. The molecule has 2 rings (SSSR count). The second-order valence-electron chi connectivity index (χ2n) is 5.85. The van der Waals surface area contributed by atoms with Gasteiger partial charge in [-0.2, -0.15) is 0 Å². The summed E-state index contributed by atoms with van der Waals surface area (Å²) in [7, 11) is 0. The van der Waals surface area contributed by atoms with Crippen molar-refractivity contribution in [1.82, 2.24) is 4.90 Å². The molecule has 0 aromatic heterocycles. The summed E-state index contributed by atoms with van der Waals surface area (Å²) in [5.41, 5.74) is -0.140. The lowest BCUT2D eigenvalue weighted by atomic mass is 9.69. The molecule has 0 unspecified atom stereocenters. The number of likely N-dealkylation sites (tertiary alicyclic amines) is 1. The van der Waals surface area contributed by atoms with E-state index in [2.05, 4.69) is 6.92 Å². The van der Waals surface area contributed by atoms with E-state index in [1.807, 2.05) is 4.90 Å². The molecular weight excluding hydrogens is 242 g/mol. The van der Waals surface area contributed by atoms with Gasteiger partial charge in [0.2, 0.25) is 5.91 Å². The van der Waals surface area contributed by atoms with E-state index in [4.69, 9.17) is 4.74 Å². The van der Waals surface area contributed by atoms with Crippen LogP contribution in [0.25, 0.3) is 0 Å². The molecule has 1 aliphatic carbocycles. The van der Waals surface area contributed by atoms with E-state index in [-0.39, 0.29) is 18.1 Å². The van der Waals surface area contributed by atoms with Crippen molar-refractivity contribution in [2.24, 2.45) is 0 Å². The van der Waals surface area contributed by atoms with E-state index >= 15 is 0 Å². The summed E-state index contributed by atoms with van der Waals surface area (Å²) in [5.74, 6) is 0.385. The summed E-state index contributed by atoms with van der Waals surface area (Å²) in [6.07, 6.45) is 7.52. The quantitative estimate of drug-likeness (QED) is 0.694. The van der Waals surface area contributed by atoms with Gasteiger partial charge < -0.3 is 9.64 Å². The largest absolute Gasteiger partial charge is 0.372 e. The third kappa shape index (κ3) is 3.35. The Labute approximate surface area is 115 Å². The zero-order valence-corrected chi connectivity index (χ0v) is 12.0. The van der Waals surface area contributed by atoms with Crippen molar-refractivity contribution in [2.45, 2.75) is 63.8 Å². The second-order valence-corrected chi connectivity index (χ2v) is 5.85. The van der Waals surface area contributed by atoms with Gasteiger partial charge in [0.05, 0.1) is 0 Å². The summed E-state index contributed by atoms with van der Waals surface area (Å²) in [6.45, 7) is 3.59. The summed E-state index contributed by atoms with van der Waals surface area (Å²) >= 11 is 0. The lowest BCUT2D eigenvalue weighted by Gasteiger charge is -2.52. The second kappa shape index (κ2) is 6.51. The highest BCUT2D eigenvalue weighted by Crippen LogP contribution is 2.43. The first-order chi connectivity index (χ1) is 9.18. The Kier molecular flexibility index (Phi) is 4.97. The van der Waals surface area contributed by atoms with Gasteiger partial charge in [0, 0.05) is 31.5 Å². The molecule has 0 N–H and O–H groups in total. The number of carbonyl (C=O) groups excluding carboxylic acids is 2. The number of hydrogen-bond acceptors (Lipinski definition) is 3. The first kappa shape index (κ1) is 14.5. The fourth-order valence-corrected chi connectivity index (χ4v) is 3.14. The van der Waals surface area contributed by atoms with Crippen LogP contribution < -0.4 is 0 Å². The highest BCUT2D eigenvalue weighted by Gasteiger charge is 2.48. The number of piperidine rings is 1. The van der Waals surface area contributed by atoms with Crippen LogP contribution in [0.1, 0.15) is 58.3 Å². The number of Topliss-reactive ketones (excluding diaryl/α,β-unsaturated/α-hetero) is 1. The van der Waals surface area contributed by atoms with E-state index in [0.717, 1.165) is 38.5 Å². The van der Waals surface area contributed by atoms with Gasteiger partial charge in [-0.05, 0) is 25.7 Å². The topological polar surface area (TPSA) is 46.6 Å². The molecule has 0 aromatic carbocycles. The van der Waals surface area contributed by atoms with Crippen molar-refractivity contribution in [3.05, 3.63) is 0 Å². The lowest BCUT2D eigenvalue weighted by molar-refractivity contribution is -0.153. The van der Waals surface area contributed by atoms with E-state index in [0.29, 0.717) is 31.8 Å². The molecule has 4 heteroatoms. The van der Waals surface area contributed by atoms with Crippen LogP contribution in [0.5, 0.6) is 0 Å². The van der Waals surface area contributed by atoms with Crippen molar-refractivity contribution in [2.75, 3.05) is 19.8 Å². The Bertz CT molecular complexity index is 336. The summed E-state index contributed by atoms with van der Waals surface area (Å²) in [5, 5.41) is 0. The van der Waals surface area contributed by atoms with Gasteiger partial charge in [0.25, 0.3) is 0 Å². The zero-order valence-electron chi connectivity index (χ0n) is 12.0. The van der Waals surface area contributed by atoms with Gasteiger partial charge in [0.1, 0.15) is 12.4 Å². The van der Waals surface area contributed by atoms with Crippen molar-refractivity contribution in [3.63, 3.8) is 0 Å².